The average molecular weight is 128 g/mol. The quantitative estimate of drug-likeness (QED) is 0.460. The van der Waals surface area contributed by atoms with Crippen LogP contribution in [-0.2, 0) is 9.53 Å². The Morgan fingerprint density at radius 2 is 2.22 bits per heavy atom. The van der Waals surface area contributed by atoms with E-state index >= 15 is 0 Å². The highest BCUT2D eigenvalue weighted by Crippen LogP contribution is 2.33. The van der Waals surface area contributed by atoms with E-state index in [1.807, 2.05) is 20.8 Å². The third kappa shape index (κ3) is 1.07. The molecule has 1 aliphatic heterocycles. The summed E-state index contributed by atoms with van der Waals surface area (Å²) in [6.07, 6.45) is 0.652. The molecule has 0 aromatic heterocycles. The van der Waals surface area contributed by atoms with Gasteiger partial charge in [-0.05, 0) is 6.92 Å². The fourth-order valence-corrected chi connectivity index (χ4v) is 0.914. The highest BCUT2D eigenvalue weighted by Gasteiger charge is 2.38. The number of carbonyl (C=O) groups excluding carboxylic acids is 1. The third-order valence-electron chi connectivity index (χ3n) is 2.01. The minimum Gasteiger partial charge on any atom is -0.462 e. The van der Waals surface area contributed by atoms with Crippen molar-refractivity contribution < 1.29 is 9.53 Å². The van der Waals surface area contributed by atoms with E-state index in [1.165, 1.54) is 0 Å². The summed E-state index contributed by atoms with van der Waals surface area (Å²) in [6, 6.07) is 0. The number of cyclic esters (lactones) is 1. The molecule has 0 bridgehead atoms. The first-order valence-electron chi connectivity index (χ1n) is 3.22. The maximum absolute atomic E-state index is 10.6. The Bertz CT molecular complexity index is 138. The highest BCUT2D eigenvalue weighted by atomic mass is 16.5. The van der Waals surface area contributed by atoms with Gasteiger partial charge in [0, 0.05) is 5.41 Å². The normalized spacial score (nSPS) is 32.3. The second kappa shape index (κ2) is 1.72. The number of hydrogen-bond donors (Lipinski definition) is 0. The third-order valence-corrected chi connectivity index (χ3v) is 2.01. The van der Waals surface area contributed by atoms with Crippen LogP contribution in [0.5, 0.6) is 0 Å². The molecule has 1 aliphatic rings. The number of rotatable bonds is 0. The van der Waals surface area contributed by atoms with Crippen LogP contribution >= 0.6 is 0 Å². The predicted octanol–water partition coefficient (Wildman–Crippen LogP) is 1.35. The van der Waals surface area contributed by atoms with Gasteiger partial charge in [0.05, 0.1) is 6.42 Å². The molecular formula is C7H12O2. The Morgan fingerprint density at radius 3 is 2.33 bits per heavy atom. The summed E-state index contributed by atoms with van der Waals surface area (Å²) in [6.45, 7) is 6.02. The Morgan fingerprint density at radius 1 is 1.67 bits per heavy atom. The van der Waals surface area contributed by atoms with E-state index < -0.39 is 0 Å². The van der Waals surface area contributed by atoms with Crippen molar-refractivity contribution in [3.05, 3.63) is 0 Å². The van der Waals surface area contributed by atoms with E-state index in [0.717, 1.165) is 0 Å². The van der Waals surface area contributed by atoms with Gasteiger partial charge in [-0.25, -0.2) is 0 Å². The van der Waals surface area contributed by atoms with Crippen LogP contribution in [-0.4, -0.2) is 12.1 Å². The number of carbonyl (C=O) groups is 1. The van der Waals surface area contributed by atoms with Crippen LogP contribution in [0.3, 0.4) is 0 Å². The second-order valence-electron chi connectivity index (χ2n) is 3.30. The topological polar surface area (TPSA) is 26.3 Å². The van der Waals surface area contributed by atoms with Crippen LogP contribution in [0.1, 0.15) is 27.2 Å². The molecule has 1 fully saturated rings. The van der Waals surface area contributed by atoms with Crippen molar-refractivity contribution in [3.8, 4) is 0 Å². The molecule has 2 nitrogen and oxygen atoms in total. The molecule has 0 aliphatic carbocycles. The van der Waals surface area contributed by atoms with Crippen LogP contribution in [0.2, 0.25) is 0 Å². The summed E-state index contributed by atoms with van der Waals surface area (Å²) in [5, 5.41) is 0. The molecule has 0 saturated carbocycles. The average Bonchev–Trinajstić information content (AvgIpc) is 1.79. The van der Waals surface area contributed by atoms with Gasteiger partial charge in [0.25, 0.3) is 0 Å². The zero-order chi connectivity index (χ0) is 7.07. The molecule has 1 rings (SSSR count). The number of hydrogen-bond acceptors (Lipinski definition) is 2. The predicted molar refractivity (Wildman–Crippen MR) is 34.0 cm³/mol. The Balaban J connectivity index is 2.69. The van der Waals surface area contributed by atoms with E-state index in [-0.39, 0.29) is 17.5 Å². The van der Waals surface area contributed by atoms with E-state index in [0.29, 0.717) is 6.42 Å². The van der Waals surface area contributed by atoms with Crippen LogP contribution in [0.4, 0.5) is 0 Å². The van der Waals surface area contributed by atoms with E-state index in [2.05, 4.69) is 0 Å². The summed E-state index contributed by atoms with van der Waals surface area (Å²) < 4.78 is 4.94. The van der Waals surface area contributed by atoms with Gasteiger partial charge in [-0.1, -0.05) is 13.8 Å². The monoisotopic (exact) mass is 128 g/mol. The van der Waals surface area contributed by atoms with Gasteiger partial charge in [-0.2, -0.15) is 0 Å². The molecule has 52 valence electrons. The largest absolute Gasteiger partial charge is 0.462 e. The van der Waals surface area contributed by atoms with Gasteiger partial charge in [0.1, 0.15) is 6.10 Å². The SMILES string of the molecule is CC1OC(=O)CC1(C)C. The van der Waals surface area contributed by atoms with Crippen molar-refractivity contribution in [3.63, 3.8) is 0 Å². The highest BCUT2D eigenvalue weighted by molar-refractivity contribution is 5.72. The molecule has 0 spiro atoms. The van der Waals surface area contributed by atoms with Crippen molar-refractivity contribution in [1.29, 1.82) is 0 Å². The fraction of sp³-hybridized carbons (Fsp3) is 0.857. The molecule has 0 N–H and O–H groups in total. The lowest BCUT2D eigenvalue weighted by Gasteiger charge is -2.18. The summed E-state index contributed by atoms with van der Waals surface area (Å²) in [4.78, 5) is 10.6. The maximum Gasteiger partial charge on any atom is 0.306 e. The van der Waals surface area contributed by atoms with Gasteiger partial charge in [0.2, 0.25) is 0 Å². The zero-order valence-corrected chi connectivity index (χ0v) is 6.10. The van der Waals surface area contributed by atoms with Crippen molar-refractivity contribution in [1.82, 2.24) is 0 Å². The molecule has 1 heterocycles. The summed E-state index contributed by atoms with van der Waals surface area (Å²) >= 11 is 0. The first-order valence-corrected chi connectivity index (χ1v) is 3.22. The molecule has 1 atom stereocenters. The van der Waals surface area contributed by atoms with E-state index in [1.54, 1.807) is 0 Å². The fourth-order valence-electron chi connectivity index (χ4n) is 0.914. The Kier molecular flexibility index (Phi) is 1.26. The molecule has 2 heteroatoms. The lowest BCUT2D eigenvalue weighted by molar-refractivity contribution is -0.141. The van der Waals surface area contributed by atoms with Gasteiger partial charge >= 0.3 is 5.97 Å². The summed E-state index contributed by atoms with van der Waals surface area (Å²) in [7, 11) is 0. The van der Waals surface area contributed by atoms with Crippen LogP contribution < -0.4 is 0 Å². The summed E-state index contributed by atoms with van der Waals surface area (Å²) in [5.41, 5.74) is 0.0527. The van der Waals surface area contributed by atoms with E-state index in [4.69, 9.17) is 4.74 Å². The first-order chi connectivity index (χ1) is 4.02. The van der Waals surface area contributed by atoms with Gasteiger partial charge in [-0.15, -0.1) is 0 Å². The maximum atomic E-state index is 10.6. The Hall–Kier alpha value is -0.530. The molecule has 1 unspecified atom stereocenters. The lowest BCUT2D eigenvalue weighted by atomic mass is 9.87. The molecule has 0 amide bonds. The molecule has 0 radical (unpaired) electrons. The van der Waals surface area contributed by atoms with Crippen LogP contribution in [0.25, 0.3) is 0 Å². The minimum atomic E-state index is -0.0625. The zero-order valence-electron chi connectivity index (χ0n) is 6.10. The first kappa shape index (κ1) is 6.59. The molecular weight excluding hydrogens is 116 g/mol. The smallest absolute Gasteiger partial charge is 0.306 e. The van der Waals surface area contributed by atoms with Crippen LogP contribution in [0, 0.1) is 5.41 Å². The molecule has 1 saturated heterocycles. The van der Waals surface area contributed by atoms with Crippen LogP contribution in [0.15, 0.2) is 0 Å². The molecule has 0 aromatic carbocycles. The van der Waals surface area contributed by atoms with Gasteiger partial charge in [-0.3, -0.25) is 4.79 Å². The van der Waals surface area contributed by atoms with Crippen molar-refractivity contribution >= 4 is 5.97 Å². The second-order valence-corrected chi connectivity index (χ2v) is 3.30. The van der Waals surface area contributed by atoms with Crippen molar-refractivity contribution in [2.45, 2.75) is 33.3 Å². The van der Waals surface area contributed by atoms with Crippen molar-refractivity contribution in [2.24, 2.45) is 5.41 Å². The Labute approximate surface area is 55.2 Å². The lowest BCUT2D eigenvalue weighted by Crippen LogP contribution is -2.19. The summed E-state index contributed by atoms with van der Waals surface area (Å²) in [5.74, 6) is -0.0625. The minimum absolute atomic E-state index is 0.0527. The van der Waals surface area contributed by atoms with Crippen molar-refractivity contribution in [2.75, 3.05) is 0 Å². The molecule has 9 heavy (non-hydrogen) atoms. The van der Waals surface area contributed by atoms with E-state index in [9.17, 15) is 4.79 Å². The van der Waals surface area contributed by atoms with Gasteiger partial charge in [0.15, 0.2) is 0 Å². The number of ether oxygens (including phenoxy) is 1. The standard InChI is InChI=1S/C7H12O2/c1-5-7(2,3)4-6(8)9-5/h5H,4H2,1-3H3. The number of esters is 1. The van der Waals surface area contributed by atoms with Gasteiger partial charge < -0.3 is 4.74 Å². The molecule has 0 aromatic rings.